The van der Waals surface area contributed by atoms with Crippen LogP contribution < -0.4 is 4.90 Å². The van der Waals surface area contributed by atoms with Gasteiger partial charge in [-0.15, -0.1) is 0 Å². The van der Waals surface area contributed by atoms with Crippen LogP contribution in [0.15, 0.2) is 100 Å². The zero-order valence-corrected chi connectivity index (χ0v) is 19.9. The van der Waals surface area contributed by atoms with Crippen molar-refractivity contribution in [2.75, 3.05) is 4.90 Å². The SMILES string of the molecule is O=C1CC(N(Cc2ccc(F)cc2)C(=O)c2ccco2)C(=O)N1c1ccc(-c2nc3ccccc3o2)cc1. The van der Waals surface area contributed by atoms with Crippen molar-refractivity contribution < 1.29 is 27.6 Å². The highest BCUT2D eigenvalue weighted by atomic mass is 19.1. The van der Waals surface area contributed by atoms with Gasteiger partial charge in [-0.05, 0) is 66.2 Å². The minimum atomic E-state index is -1.05. The largest absolute Gasteiger partial charge is 0.459 e. The highest BCUT2D eigenvalue weighted by Crippen LogP contribution is 2.31. The minimum absolute atomic E-state index is 0.00595. The fraction of sp³-hybridized carbons (Fsp3) is 0.103. The lowest BCUT2D eigenvalue weighted by Crippen LogP contribution is -2.45. The number of aromatic nitrogens is 1. The number of amides is 3. The van der Waals surface area contributed by atoms with E-state index in [-0.39, 0.29) is 18.7 Å². The molecule has 1 aliphatic rings. The number of nitrogens with zero attached hydrogens (tertiary/aromatic N) is 3. The van der Waals surface area contributed by atoms with Crippen LogP contribution in [0.4, 0.5) is 10.1 Å². The van der Waals surface area contributed by atoms with Crippen molar-refractivity contribution in [1.82, 2.24) is 9.88 Å². The maximum Gasteiger partial charge on any atom is 0.290 e. The third kappa shape index (κ3) is 4.24. The molecule has 5 aromatic rings. The van der Waals surface area contributed by atoms with Crippen LogP contribution in [0.25, 0.3) is 22.6 Å². The van der Waals surface area contributed by atoms with Gasteiger partial charge in [0.25, 0.3) is 11.8 Å². The van der Waals surface area contributed by atoms with Gasteiger partial charge in [-0.25, -0.2) is 14.3 Å². The summed E-state index contributed by atoms with van der Waals surface area (Å²) in [4.78, 5) is 46.7. The quantitative estimate of drug-likeness (QED) is 0.292. The molecule has 3 heterocycles. The second-order valence-corrected chi connectivity index (χ2v) is 8.86. The van der Waals surface area contributed by atoms with Crippen LogP contribution >= 0.6 is 0 Å². The first-order valence-electron chi connectivity index (χ1n) is 11.9. The fourth-order valence-corrected chi connectivity index (χ4v) is 4.53. The van der Waals surface area contributed by atoms with Crippen molar-refractivity contribution in [1.29, 1.82) is 0 Å². The number of carbonyl (C=O) groups excluding carboxylic acids is 3. The molecule has 0 spiro atoms. The first-order chi connectivity index (χ1) is 18.5. The van der Waals surface area contributed by atoms with Crippen LogP contribution in [0.3, 0.4) is 0 Å². The van der Waals surface area contributed by atoms with E-state index in [2.05, 4.69) is 4.98 Å². The molecular weight excluding hydrogens is 489 g/mol. The normalized spacial score (nSPS) is 15.4. The third-order valence-electron chi connectivity index (χ3n) is 6.42. The van der Waals surface area contributed by atoms with Crippen molar-refractivity contribution >= 4 is 34.5 Å². The molecule has 1 atom stereocenters. The number of fused-ring (bicyclic) bond motifs is 1. The van der Waals surface area contributed by atoms with Gasteiger partial charge < -0.3 is 13.7 Å². The second kappa shape index (κ2) is 9.44. The first kappa shape index (κ1) is 23.4. The number of benzene rings is 3. The summed E-state index contributed by atoms with van der Waals surface area (Å²) < 4.78 is 24.5. The van der Waals surface area contributed by atoms with Crippen LogP contribution in [0.5, 0.6) is 0 Å². The molecular formula is C29H20FN3O5. The lowest BCUT2D eigenvalue weighted by molar-refractivity contribution is -0.122. The van der Waals surface area contributed by atoms with E-state index in [0.29, 0.717) is 28.3 Å². The van der Waals surface area contributed by atoms with Crippen LogP contribution in [0.1, 0.15) is 22.5 Å². The second-order valence-electron chi connectivity index (χ2n) is 8.86. The highest BCUT2D eigenvalue weighted by Gasteiger charge is 2.45. The number of hydrogen-bond donors (Lipinski definition) is 0. The standard InChI is InChI=1S/C29H20FN3O5/c30-20-11-7-18(8-12-20)17-32(29(36)25-6-3-15-37-25)23-16-26(34)33(28(23)35)21-13-9-19(10-14-21)27-31-22-4-1-2-5-24(22)38-27/h1-15,23H,16-17H2. The van der Waals surface area contributed by atoms with Crippen molar-refractivity contribution in [2.45, 2.75) is 19.0 Å². The summed E-state index contributed by atoms with van der Waals surface area (Å²) in [5.41, 5.74) is 3.04. The number of carbonyl (C=O) groups is 3. The van der Waals surface area contributed by atoms with Gasteiger partial charge in [0.15, 0.2) is 11.3 Å². The summed E-state index contributed by atoms with van der Waals surface area (Å²) in [6, 6.07) is 21.7. The molecule has 0 bridgehead atoms. The Bertz CT molecular complexity index is 1610. The van der Waals surface area contributed by atoms with Gasteiger partial charge in [0.2, 0.25) is 11.8 Å². The Balaban J connectivity index is 1.28. The van der Waals surface area contributed by atoms with E-state index in [1.165, 1.54) is 41.5 Å². The predicted molar refractivity (Wildman–Crippen MR) is 135 cm³/mol. The summed E-state index contributed by atoms with van der Waals surface area (Å²) in [6.07, 6.45) is 1.16. The Kier molecular flexibility index (Phi) is 5.80. The first-order valence-corrected chi connectivity index (χ1v) is 11.9. The lowest BCUT2D eigenvalue weighted by atomic mass is 10.1. The van der Waals surface area contributed by atoms with Gasteiger partial charge in [-0.2, -0.15) is 0 Å². The minimum Gasteiger partial charge on any atom is -0.459 e. The number of oxazole rings is 1. The van der Waals surface area contributed by atoms with Gasteiger partial charge in [0.1, 0.15) is 17.4 Å². The van der Waals surface area contributed by atoms with Gasteiger partial charge >= 0.3 is 0 Å². The van der Waals surface area contributed by atoms with E-state index in [4.69, 9.17) is 8.83 Å². The van der Waals surface area contributed by atoms with Gasteiger partial charge in [-0.1, -0.05) is 24.3 Å². The number of imide groups is 1. The molecule has 0 radical (unpaired) electrons. The zero-order chi connectivity index (χ0) is 26.2. The van der Waals surface area contributed by atoms with Crippen molar-refractivity contribution in [3.8, 4) is 11.5 Å². The van der Waals surface area contributed by atoms with E-state index >= 15 is 0 Å². The molecule has 2 aromatic heterocycles. The molecule has 3 aromatic carbocycles. The number of anilines is 1. The molecule has 1 saturated heterocycles. The maximum atomic E-state index is 13.5. The number of rotatable bonds is 6. The third-order valence-corrected chi connectivity index (χ3v) is 6.42. The highest BCUT2D eigenvalue weighted by molar-refractivity contribution is 6.23. The van der Waals surface area contributed by atoms with E-state index in [0.717, 1.165) is 10.4 Å². The monoisotopic (exact) mass is 509 g/mol. The van der Waals surface area contributed by atoms with Gasteiger partial charge in [-0.3, -0.25) is 14.4 Å². The molecule has 1 fully saturated rings. The lowest BCUT2D eigenvalue weighted by Gasteiger charge is -2.27. The molecule has 188 valence electrons. The molecule has 0 N–H and O–H groups in total. The molecule has 8 nitrogen and oxygen atoms in total. The number of para-hydroxylation sites is 2. The van der Waals surface area contributed by atoms with Crippen molar-refractivity contribution in [2.24, 2.45) is 0 Å². The molecule has 1 aliphatic heterocycles. The summed E-state index contributed by atoms with van der Waals surface area (Å²) in [5, 5.41) is 0. The van der Waals surface area contributed by atoms with Crippen LogP contribution in [0, 0.1) is 5.82 Å². The summed E-state index contributed by atoms with van der Waals surface area (Å²) in [7, 11) is 0. The van der Waals surface area contributed by atoms with Crippen molar-refractivity contribution in [3.05, 3.63) is 108 Å². The van der Waals surface area contributed by atoms with Gasteiger partial charge in [0, 0.05) is 12.1 Å². The zero-order valence-electron chi connectivity index (χ0n) is 19.9. The maximum absolute atomic E-state index is 13.5. The van der Waals surface area contributed by atoms with E-state index in [9.17, 15) is 18.8 Å². The summed E-state index contributed by atoms with van der Waals surface area (Å²) >= 11 is 0. The van der Waals surface area contributed by atoms with E-state index < -0.39 is 29.6 Å². The summed E-state index contributed by atoms with van der Waals surface area (Å²) in [6.45, 7) is -0.00595. The average molecular weight is 509 g/mol. The van der Waals surface area contributed by atoms with Crippen LogP contribution in [-0.4, -0.2) is 33.6 Å². The Hall–Kier alpha value is -5.05. The number of halogens is 1. The van der Waals surface area contributed by atoms with Crippen LogP contribution in [-0.2, 0) is 16.1 Å². The molecule has 1 unspecified atom stereocenters. The number of furan rings is 1. The fourth-order valence-electron chi connectivity index (χ4n) is 4.53. The number of hydrogen-bond acceptors (Lipinski definition) is 6. The van der Waals surface area contributed by atoms with E-state index in [1.807, 2.05) is 24.3 Å². The molecule has 38 heavy (non-hydrogen) atoms. The van der Waals surface area contributed by atoms with Crippen molar-refractivity contribution in [3.63, 3.8) is 0 Å². The topological polar surface area (TPSA) is 96.9 Å². The smallest absolute Gasteiger partial charge is 0.290 e. The summed E-state index contributed by atoms with van der Waals surface area (Å²) in [5.74, 6) is -1.48. The Morgan fingerprint density at radius 2 is 1.74 bits per heavy atom. The average Bonchev–Trinajstić information content (AvgIpc) is 3.68. The molecule has 6 rings (SSSR count). The molecule has 0 aliphatic carbocycles. The Morgan fingerprint density at radius 3 is 2.45 bits per heavy atom. The van der Waals surface area contributed by atoms with E-state index in [1.54, 1.807) is 30.3 Å². The Morgan fingerprint density at radius 1 is 0.974 bits per heavy atom. The van der Waals surface area contributed by atoms with Gasteiger partial charge in [0.05, 0.1) is 18.4 Å². The molecule has 3 amide bonds. The Labute approximate surface area is 215 Å². The molecule has 0 saturated carbocycles. The van der Waals surface area contributed by atoms with Crippen LogP contribution in [0.2, 0.25) is 0 Å². The molecule has 9 heteroatoms. The predicted octanol–water partition coefficient (Wildman–Crippen LogP) is 5.20.